The van der Waals surface area contributed by atoms with Gasteiger partial charge in [0.2, 0.25) is 5.95 Å². The van der Waals surface area contributed by atoms with E-state index in [-0.39, 0.29) is 0 Å². The number of H-pyrrole nitrogens is 1. The van der Waals surface area contributed by atoms with Crippen LogP contribution in [0.4, 0.5) is 5.95 Å². The number of hydrogen-bond donors (Lipinski definition) is 2. The van der Waals surface area contributed by atoms with Crippen molar-refractivity contribution in [2.45, 2.75) is 0 Å². The van der Waals surface area contributed by atoms with Crippen molar-refractivity contribution in [3.8, 4) is 11.4 Å². The molecule has 19 heavy (non-hydrogen) atoms. The van der Waals surface area contributed by atoms with Crippen LogP contribution in [0.25, 0.3) is 11.4 Å². The highest BCUT2D eigenvalue weighted by Gasteiger charge is 2.16. The largest absolute Gasteiger partial charge is 0.337 e. The van der Waals surface area contributed by atoms with Crippen molar-refractivity contribution in [2.75, 3.05) is 31.1 Å². The fraction of sp³-hybridized carbons (Fsp3) is 0.333. The van der Waals surface area contributed by atoms with Gasteiger partial charge in [0.05, 0.1) is 0 Å². The fourth-order valence-electron chi connectivity index (χ4n) is 2.06. The number of benzene rings is 1. The van der Waals surface area contributed by atoms with E-state index in [1.54, 1.807) is 0 Å². The maximum absolute atomic E-state index is 6.02. The van der Waals surface area contributed by atoms with E-state index in [9.17, 15) is 0 Å². The van der Waals surface area contributed by atoms with Gasteiger partial charge in [-0.1, -0.05) is 27.5 Å². The second kappa shape index (κ2) is 5.48. The SMILES string of the molecule is Clc1ccc(Br)c(-c2nc(N3CCNCC3)n[nH]2)c1. The summed E-state index contributed by atoms with van der Waals surface area (Å²) in [5.74, 6) is 1.46. The van der Waals surface area contributed by atoms with Gasteiger partial charge >= 0.3 is 0 Å². The van der Waals surface area contributed by atoms with Gasteiger partial charge in [0.15, 0.2) is 5.82 Å². The minimum Gasteiger partial charge on any atom is -0.337 e. The zero-order valence-corrected chi connectivity index (χ0v) is 12.5. The smallest absolute Gasteiger partial charge is 0.245 e. The number of anilines is 1. The van der Waals surface area contributed by atoms with Gasteiger partial charge in [0.25, 0.3) is 0 Å². The Morgan fingerprint density at radius 1 is 1.26 bits per heavy atom. The topological polar surface area (TPSA) is 56.8 Å². The molecule has 1 saturated heterocycles. The third-order valence-electron chi connectivity index (χ3n) is 3.06. The number of aromatic amines is 1. The molecule has 5 nitrogen and oxygen atoms in total. The lowest BCUT2D eigenvalue weighted by Crippen LogP contribution is -2.44. The van der Waals surface area contributed by atoms with E-state index in [2.05, 4.69) is 41.3 Å². The van der Waals surface area contributed by atoms with E-state index < -0.39 is 0 Å². The summed E-state index contributed by atoms with van der Waals surface area (Å²) >= 11 is 9.52. The van der Waals surface area contributed by atoms with E-state index >= 15 is 0 Å². The van der Waals surface area contributed by atoms with E-state index in [4.69, 9.17) is 11.6 Å². The first kappa shape index (κ1) is 12.9. The van der Waals surface area contributed by atoms with Crippen LogP contribution in [0.1, 0.15) is 0 Å². The van der Waals surface area contributed by atoms with Crippen molar-refractivity contribution >= 4 is 33.5 Å². The molecular formula is C12H13BrClN5. The summed E-state index contributed by atoms with van der Waals surface area (Å²) in [5.41, 5.74) is 0.918. The molecule has 100 valence electrons. The molecule has 1 aromatic heterocycles. The molecule has 1 fully saturated rings. The van der Waals surface area contributed by atoms with Crippen molar-refractivity contribution in [2.24, 2.45) is 0 Å². The molecule has 1 aromatic carbocycles. The highest BCUT2D eigenvalue weighted by atomic mass is 79.9. The van der Waals surface area contributed by atoms with Gasteiger partial charge < -0.3 is 10.2 Å². The molecule has 0 unspecified atom stereocenters. The molecule has 0 saturated carbocycles. The summed E-state index contributed by atoms with van der Waals surface area (Å²) in [6.07, 6.45) is 0. The number of nitrogens with one attached hydrogen (secondary N) is 2. The summed E-state index contributed by atoms with van der Waals surface area (Å²) in [7, 11) is 0. The quantitative estimate of drug-likeness (QED) is 0.879. The standard InChI is InChI=1S/C12H13BrClN5/c13-10-2-1-8(14)7-9(10)11-16-12(18-17-11)19-5-3-15-4-6-19/h1-2,7,15H,3-6H2,(H,16,17,18). The zero-order valence-electron chi connectivity index (χ0n) is 10.2. The predicted molar refractivity (Wildman–Crippen MR) is 79.6 cm³/mol. The molecule has 7 heteroatoms. The van der Waals surface area contributed by atoms with Crippen LogP contribution >= 0.6 is 27.5 Å². The Morgan fingerprint density at radius 3 is 2.84 bits per heavy atom. The molecule has 3 rings (SSSR count). The van der Waals surface area contributed by atoms with Crippen LogP contribution in [0.15, 0.2) is 22.7 Å². The van der Waals surface area contributed by atoms with Gasteiger partial charge in [-0.2, -0.15) is 4.98 Å². The highest BCUT2D eigenvalue weighted by Crippen LogP contribution is 2.29. The fourth-order valence-corrected chi connectivity index (χ4v) is 2.67. The predicted octanol–water partition coefficient (Wildman–Crippen LogP) is 2.30. The van der Waals surface area contributed by atoms with E-state index in [0.29, 0.717) is 5.02 Å². The van der Waals surface area contributed by atoms with Gasteiger partial charge in [-0.05, 0) is 18.2 Å². The van der Waals surface area contributed by atoms with E-state index in [1.807, 2.05) is 18.2 Å². The minimum atomic E-state index is 0.679. The lowest BCUT2D eigenvalue weighted by atomic mass is 10.2. The molecule has 2 N–H and O–H groups in total. The van der Waals surface area contributed by atoms with Gasteiger partial charge in [0.1, 0.15) is 0 Å². The molecule has 0 radical (unpaired) electrons. The Kier molecular flexibility index (Phi) is 3.72. The first-order valence-electron chi connectivity index (χ1n) is 6.07. The zero-order chi connectivity index (χ0) is 13.2. The monoisotopic (exact) mass is 341 g/mol. The molecule has 0 bridgehead atoms. The normalized spacial score (nSPS) is 15.8. The average molecular weight is 343 g/mol. The van der Waals surface area contributed by atoms with Crippen LogP contribution in [0.5, 0.6) is 0 Å². The Labute approximate surface area is 124 Å². The van der Waals surface area contributed by atoms with Crippen LogP contribution in [0.2, 0.25) is 5.02 Å². The van der Waals surface area contributed by atoms with Crippen molar-refractivity contribution in [1.29, 1.82) is 0 Å². The van der Waals surface area contributed by atoms with Gasteiger partial charge in [-0.3, -0.25) is 5.10 Å². The van der Waals surface area contributed by atoms with E-state index in [0.717, 1.165) is 48.0 Å². The number of hydrogen-bond acceptors (Lipinski definition) is 4. The number of nitrogens with zero attached hydrogens (tertiary/aromatic N) is 3. The highest BCUT2D eigenvalue weighted by molar-refractivity contribution is 9.10. The molecule has 0 atom stereocenters. The van der Waals surface area contributed by atoms with E-state index in [1.165, 1.54) is 0 Å². The summed E-state index contributed by atoms with van der Waals surface area (Å²) < 4.78 is 0.944. The summed E-state index contributed by atoms with van der Waals surface area (Å²) in [6, 6.07) is 5.61. The van der Waals surface area contributed by atoms with Crippen LogP contribution in [-0.4, -0.2) is 41.4 Å². The molecule has 2 aromatic rings. The Bertz CT molecular complexity index is 579. The molecule has 0 amide bonds. The maximum Gasteiger partial charge on any atom is 0.245 e. The second-order valence-corrected chi connectivity index (χ2v) is 5.64. The van der Waals surface area contributed by atoms with Crippen molar-refractivity contribution < 1.29 is 0 Å². The summed E-state index contributed by atoms with van der Waals surface area (Å²) in [5, 5.41) is 11.2. The lowest BCUT2D eigenvalue weighted by molar-refractivity contribution is 0.580. The van der Waals surface area contributed by atoms with Crippen molar-refractivity contribution in [3.63, 3.8) is 0 Å². The van der Waals surface area contributed by atoms with Crippen molar-refractivity contribution in [3.05, 3.63) is 27.7 Å². The van der Waals surface area contributed by atoms with Gasteiger partial charge in [-0.25, -0.2) is 0 Å². The first-order chi connectivity index (χ1) is 9.24. The number of rotatable bonds is 2. The third-order valence-corrected chi connectivity index (χ3v) is 3.98. The molecule has 0 spiro atoms. The van der Waals surface area contributed by atoms with Gasteiger partial charge in [-0.15, -0.1) is 5.10 Å². The molecular weight excluding hydrogens is 330 g/mol. The van der Waals surface area contributed by atoms with Crippen LogP contribution in [-0.2, 0) is 0 Å². The average Bonchev–Trinajstić information content (AvgIpc) is 2.92. The summed E-state index contributed by atoms with van der Waals surface area (Å²) in [6.45, 7) is 3.78. The van der Waals surface area contributed by atoms with Gasteiger partial charge in [0, 0.05) is 41.2 Å². The Hall–Kier alpha value is -1.11. The van der Waals surface area contributed by atoms with Crippen LogP contribution in [0, 0.1) is 0 Å². The second-order valence-electron chi connectivity index (χ2n) is 4.35. The molecule has 1 aliphatic rings. The van der Waals surface area contributed by atoms with Crippen LogP contribution < -0.4 is 10.2 Å². The lowest BCUT2D eigenvalue weighted by Gasteiger charge is -2.25. The summed E-state index contributed by atoms with van der Waals surface area (Å²) in [4.78, 5) is 6.71. The number of aromatic nitrogens is 3. The molecule has 2 heterocycles. The minimum absolute atomic E-state index is 0.679. The Morgan fingerprint density at radius 2 is 2.05 bits per heavy atom. The van der Waals surface area contributed by atoms with Crippen LogP contribution in [0.3, 0.4) is 0 Å². The number of halogens is 2. The Balaban J connectivity index is 1.89. The third kappa shape index (κ3) is 2.75. The molecule has 0 aliphatic carbocycles. The maximum atomic E-state index is 6.02. The van der Waals surface area contributed by atoms with Crippen molar-refractivity contribution in [1.82, 2.24) is 20.5 Å². The first-order valence-corrected chi connectivity index (χ1v) is 7.24. The number of piperazine rings is 1. The molecule has 1 aliphatic heterocycles.